The fraction of sp³-hybridized carbons (Fsp3) is 0.643. The van der Waals surface area contributed by atoms with Gasteiger partial charge in [-0.3, -0.25) is 16.3 Å². The zero-order valence-electron chi connectivity index (χ0n) is 10.5. The first-order valence-electron chi connectivity index (χ1n) is 6.82. The van der Waals surface area contributed by atoms with Crippen LogP contribution in [-0.2, 0) is 6.42 Å². The molecule has 0 radical (unpaired) electrons. The maximum atomic E-state index is 6.18. The summed E-state index contributed by atoms with van der Waals surface area (Å²) in [4.78, 5) is 4.03. The van der Waals surface area contributed by atoms with E-state index in [-0.39, 0.29) is 0 Å². The molecule has 4 unspecified atom stereocenters. The molecule has 0 aliphatic heterocycles. The van der Waals surface area contributed by atoms with Crippen molar-refractivity contribution < 1.29 is 0 Å². The first-order valence-corrected chi connectivity index (χ1v) is 7.20. The molecule has 98 valence electrons. The number of aromatic nitrogens is 1. The summed E-state index contributed by atoms with van der Waals surface area (Å²) in [6, 6.07) is 2.35. The highest BCUT2D eigenvalue weighted by molar-refractivity contribution is 6.31. The summed E-state index contributed by atoms with van der Waals surface area (Å²) in [5.41, 5.74) is 4.18. The van der Waals surface area contributed by atoms with Gasteiger partial charge >= 0.3 is 0 Å². The van der Waals surface area contributed by atoms with Crippen LogP contribution in [0.15, 0.2) is 18.5 Å². The molecule has 2 bridgehead atoms. The smallest absolute Gasteiger partial charge is 0.0621 e. The van der Waals surface area contributed by atoms with Gasteiger partial charge in [0.25, 0.3) is 0 Å². The number of pyridine rings is 1. The van der Waals surface area contributed by atoms with Crippen LogP contribution >= 0.6 is 11.6 Å². The van der Waals surface area contributed by atoms with Crippen LogP contribution in [0.2, 0.25) is 5.02 Å². The largest absolute Gasteiger partial charge is 0.271 e. The van der Waals surface area contributed by atoms with Gasteiger partial charge in [-0.15, -0.1) is 0 Å². The molecule has 1 aromatic rings. The third-order valence-electron chi connectivity index (χ3n) is 4.82. The van der Waals surface area contributed by atoms with Gasteiger partial charge in [0, 0.05) is 18.4 Å². The van der Waals surface area contributed by atoms with E-state index in [1.165, 1.54) is 25.7 Å². The molecule has 0 saturated heterocycles. The van der Waals surface area contributed by atoms with E-state index < -0.39 is 0 Å². The van der Waals surface area contributed by atoms with Crippen LogP contribution in [0.1, 0.15) is 31.2 Å². The van der Waals surface area contributed by atoms with Gasteiger partial charge in [-0.25, -0.2) is 0 Å². The van der Waals surface area contributed by atoms with Crippen molar-refractivity contribution in [1.82, 2.24) is 10.4 Å². The van der Waals surface area contributed by atoms with Crippen molar-refractivity contribution in [3.05, 3.63) is 29.0 Å². The van der Waals surface area contributed by atoms with Gasteiger partial charge in [-0.2, -0.15) is 0 Å². The quantitative estimate of drug-likeness (QED) is 0.650. The van der Waals surface area contributed by atoms with E-state index in [0.29, 0.717) is 6.04 Å². The average Bonchev–Trinajstić information content (AvgIpc) is 3.00. The van der Waals surface area contributed by atoms with Crippen LogP contribution in [0.3, 0.4) is 0 Å². The predicted octanol–water partition coefficient (Wildman–Crippen LogP) is 2.55. The molecule has 0 spiro atoms. The van der Waals surface area contributed by atoms with Crippen molar-refractivity contribution in [2.75, 3.05) is 0 Å². The molecule has 4 heteroatoms. The second-order valence-corrected chi connectivity index (χ2v) is 6.19. The van der Waals surface area contributed by atoms with Gasteiger partial charge in [0.05, 0.1) is 5.02 Å². The maximum absolute atomic E-state index is 6.18. The van der Waals surface area contributed by atoms with E-state index >= 15 is 0 Å². The van der Waals surface area contributed by atoms with Crippen LogP contribution in [0, 0.1) is 17.8 Å². The maximum Gasteiger partial charge on any atom is 0.0621 e. The van der Waals surface area contributed by atoms with E-state index in [1.807, 2.05) is 6.07 Å². The molecule has 2 aliphatic rings. The Morgan fingerprint density at radius 1 is 1.44 bits per heavy atom. The molecule has 2 fully saturated rings. The zero-order valence-corrected chi connectivity index (χ0v) is 11.2. The molecular weight excluding hydrogens is 246 g/mol. The average molecular weight is 266 g/mol. The van der Waals surface area contributed by atoms with E-state index in [0.717, 1.165) is 34.8 Å². The lowest BCUT2D eigenvalue weighted by Gasteiger charge is -2.30. The van der Waals surface area contributed by atoms with Crippen molar-refractivity contribution in [3.8, 4) is 0 Å². The Bertz CT molecular complexity index is 423. The van der Waals surface area contributed by atoms with Crippen LogP contribution in [0.25, 0.3) is 0 Å². The van der Waals surface area contributed by atoms with Gasteiger partial charge < -0.3 is 0 Å². The van der Waals surface area contributed by atoms with Gasteiger partial charge in [-0.05, 0) is 55.1 Å². The fourth-order valence-electron chi connectivity index (χ4n) is 3.93. The number of nitrogens with zero attached hydrogens (tertiary/aromatic N) is 1. The Kier molecular flexibility index (Phi) is 3.55. The van der Waals surface area contributed by atoms with Crippen LogP contribution in [0.4, 0.5) is 0 Å². The second-order valence-electron chi connectivity index (χ2n) is 5.78. The Labute approximate surface area is 113 Å². The second kappa shape index (κ2) is 5.16. The Balaban J connectivity index is 1.72. The number of nitrogens with two attached hydrogens (primary N) is 1. The summed E-state index contributed by atoms with van der Waals surface area (Å²) in [7, 11) is 0. The van der Waals surface area contributed by atoms with Gasteiger partial charge in [-0.1, -0.05) is 18.0 Å². The molecule has 2 aliphatic carbocycles. The minimum Gasteiger partial charge on any atom is -0.271 e. The molecule has 3 rings (SSSR count). The molecule has 4 atom stereocenters. The number of halogens is 1. The minimum absolute atomic E-state index is 0.347. The SMILES string of the molecule is NNC(Cc1ccncc1Cl)C1CC2CCC1C2. The van der Waals surface area contributed by atoms with Crippen LogP contribution < -0.4 is 11.3 Å². The van der Waals surface area contributed by atoms with Crippen molar-refractivity contribution in [2.45, 2.75) is 38.1 Å². The number of rotatable bonds is 4. The molecule has 0 amide bonds. The molecule has 2 saturated carbocycles. The van der Waals surface area contributed by atoms with Crippen LogP contribution in [0.5, 0.6) is 0 Å². The lowest BCUT2D eigenvalue weighted by atomic mass is 9.81. The summed E-state index contributed by atoms with van der Waals surface area (Å²) in [6.07, 6.45) is 9.98. The standard InChI is InChI=1S/C14H20ClN3/c15-13-8-17-4-3-11(13)7-14(18-16)12-6-9-1-2-10(12)5-9/h3-4,8-10,12,14,18H,1-2,5-7,16H2. The van der Waals surface area contributed by atoms with Crippen LogP contribution in [-0.4, -0.2) is 11.0 Å². The molecule has 3 nitrogen and oxygen atoms in total. The highest BCUT2D eigenvalue weighted by Gasteiger charge is 2.42. The molecule has 0 aromatic carbocycles. The highest BCUT2D eigenvalue weighted by atomic mass is 35.5. The minimum atomic E-state index is 0.347. The van der Waals surface area contributed by atoms with Gasteiger partial charge in [0.15, 0.2) is 0 Å². The van der Waals surface area contributed by atoms with Gasteiger partial charge in [0.1, 0.15) is 0 Å². The van der Waals surface area contributed by atoms with E-state index in [2.05, 4.69) is 10.4 Å². The first-order chi connectivity index (χ1) is 8.78. The number of hydrogen-bond donors (Lipinski definition) is 2. The third-order valence-corrected chi connectivity index (χ3v) is 5.16. The number of fused-ring (bicyclic) bond motifs is 2. The van der Waals surface area contributed by atoms with Crippen molar-refractivity contribution in [3.63, 3.8) is 0 Å². The fourth-order valence-corrected chi connectivity index (χ4v) is 4.12. The summed E-state index contributed by atoms with van der Waals surface area (Å²) in [5.74, 6) is 8.31. The molecule has 1 heterocycles. The Hall–Kier alpha value is -0.640. The van der Waals surface area contributed by atoms with E-state index in [1.54, 1.807) is 12.4 Å². The normalized spacial score (nSPS) is 31.8. The molecule has 1 aromatic heterocycles. The summed E-state index contributed by atoms with van der Waals surface area (Å²) in [6.45, 7) is 0. The number of hydrogen-bond acceptors (Lipinski definition) is 3. The lowest BCUT2D eigenvalue weighted by molar-refractivity contribution is 0.248. The predicted molar refractivity (Wildman–Crippen MR) is 73.0 cm³/mol. The van der Waals surface area contributed by atoms with Crippen molar-refractivity contribution in [2.24, 2.45) is 23.6 Å². The topological polar surface area (TPSA) is 50.9 Å². The zero-order chi connectivity index (χ0) is 12.5. The third kappa shape index (κ3) is 2.27. The summed E-state index contributed by atoms with van der Waals surface area (Å²) in [5, 5.41) is 0.751. The molecule has 3 N–H and O–H groups in total. The monoisotopic (exact) mass is 265 g/mol. The Morgan fingerprint density at radius 2 is 2.33 bits per heavy atom. The van der Waals surface area contributed by atoms with Gasteiger partial charge in [0.2, 0.25) is 0 Å². The van der Waals surface area contributed by atoms with E-state index in [9.17, 15) is 0 Å². The molecule has 18 heavy (non-hydrogen) atoms. The first kappa shape index (κ1) is 12.4. The highest BCUT2D eigenvalue weighted by Crippen LogP contribution is 2.49. The molecular formula is C14H20ClN3. The number of nitrogens with one attached hydrogen (secondary N) is 1. The lowest BCUT2D eigenvalue weighted by Crippen LogP contribution is -2.44. The van der Waals surface area contributed by atoms with Crippen molar-refractivity contribution >= 4 is 11.6 Å². The summed E-state index contributed by atoms with van der Waals surface area (Å²) < 4.78 is 0. The Morgan fingerprint density at radius 3 is 2.94 bits per heavy atom. The number of hydrazine groups is 1. The van der Waals surface area contributed by atoms with Crippen molar-refractivity contribution in [1.29, 1.82) is 0 Å². The van der Waals surface area contributed by atoms with E-state index in [4.69, 9.17) is 17.4 Å². The summed E-state index contributed by atoms with van der Waals surface area (Å²) >= 11 is 6.18.